The topological polar surface area (TPSA) is 42.0 Å². The highest BCUT2D eigenvalue weighted by Crippen LogP contribution is 2.25. The molecule has 0 unspecified atom stereocenters. The molecule has 0 saturated heterocycles. The van der Waals surface area contributed by atoms with Gasteiger partial charge in [-0.15, -0.1) is 11.3 Å². The molecule has 94 valence electrons. The second kappa shape index (κ2) is 5.38. The second-order valence-corrected chi connectivity index (χ2v) is 6.21. The van der Waals surface area contributed by atoms with Gasteiger partial charge in [-0.3, -0.25) is 10.1 Å². The molecule has 18 heavy (non-hydrogen) atoms. The first-order valence-electron chi connectivity index (χ1n) is 5.18. The predicted octanol–water partition coefficient (Wildman–Crippen LogP) is 4.43. The summed E-state index contributed by atoms with van der Waals surface area (Å²) in [6.07, 6.45) is 0. The number of carbonyl (C=O) groups excluding carboxylic acids is 1. The summed E-state index contributed by atoms with van der Waals surface area (Å²) in [4.78, 5) is 17.3. The van der Waals surface area contributed by atoms with E-state index in [9.17, 15) is 4.79 Å². The first kappa shape index (κ1) is 13.5. The van der Waals surface area contributed by atoms with Crippen LogP contribution in [0.25, 0.3) is 0 Å². The zero-order valence-electron chi connectivity index (χ0n) is 9.75. The molecule has 0 fully saturated rings. The van der Waals surface area contributed by atoms with E-state index in [1.807, 2.05) is 13.8 Å². The third-order valence-corrected chi connectivity index (χ3v) is 4.65. The molecule has 0 radical (unpaired) electrons. The van der Waals surface area contributed by atoms with Crippen LogP contribution in [0.5, 0.6) is 0 Å². The van der Waals surface area contributed by atoms with Crippen LogP contribution in [-0.4, -0.2) is 10.9 Å². The zero-order valence-corrected chi connectivity index (χ0v) is 12.9. The molecule has 0 aliphatic heterocycles. The van der Waals surface area contributed by atoms with E-state index in [2.05, 4.69) is 26.2 Å². The molecule has 1 heterocycles. The van der Waals surface area contributed by atoms with Crippen LogP contribution in [0.3, 0.4) is 0 Å². The molecule has 2 rings (SSSR count). The Morgan fingerprint density at radius 2 is 2.17 bits per heavy atom. The fourth-order valence-electron chi connectivity index (χ4n) is 1.33. The number of nitrogens with zero attached hydrogens (tertiary/aromatic N) is 1. The number of nitrogens with one attached hydrogen (secondary N) is 1. The summed E-state index contributed by atoms with van der Waals surface area (Å²) in [5.74, 6) is -0.210. The summed E-state index contributed by atoms with van der Waals surface area (Å²) in [6, 6.07) is 5.07. The molecule has 0 aliphatic rings. The quantitative estimate of drug-likeness (QED) is 0.875. The number of aryl methyl sites for hydroxylation is 2. The van der Waals surface area contributed by atoms with Gasteiger partial charge in [0.05, 0.1) is 10.7 Å². The smallest absolute Gasteiger partial charge is 0.257 e. The molecule has 0 atom stereocenters. The number of rotatable bonds is 2. The van der Waals surface area contributed by atoms with E-state index >= 15 is 0 Å². The normalized spacial score (nSPS) is 10.4. The maximum Gasteiger partial charge on any atom is 0.257 e. The van der Waals surface area contributed by atoms with Crippen molar-refractivity contribution in [2.45, 2.75) is 13.8 Å². The lowest BCUT2D eigenvalue weighted by atomic mass is 10.2. The van der Waals surface area contributed by atoms with Crippen LogP contribution in [0.2, 0.25) is 5.02 Å². The van der Waals surface area contributed by atoms with E-state index < -0.39 is 0 Å². The Labute approximate surface area is 122 Å². The molecule has 1 amide bonds. The largest absolute Gasteiger partial charge is 0.298 e. The fraction of sp³-hybridized carbons (Fsp3) is 0.167. The Hall–Kier alpha value is -0.910. The number of aromatic nitrogens is 1. The first-order chi connectivity index (χ1) is 8.47. The Kier molecular flexibility index (Phi) is 4.04. The van der Waals surface area contributed by atoms with Crippen LogP contribution in [0, 0.1) is 13.8 Å². The van der Waals surface area contributed by atoms with Crippen molar-refractivity contribution in [3.05, 3.63) is 43.8 Å². The van der Waals surface area contributed by atoms with Gasteiger partial charge in [-0.25, -0.2) is 4.98 Å². The second-order valence-electron chi connectivity index (χ2n) is 3.74. The maximum absolute atomic E-state index is 12.0. The van der Waals surface area contributed by atoms with Crippen LogP contribution >= 0.6 is 38.9 Å². The van der Waals surface area contributed by atoms with E-state index in [0.29, 0.717) is 15.7 Å². The highest BCUT2D eigenvalue weighted by atomic mass is 79.9. The van der Waals surface area contributed by atoms with Crippen LogP contribution in [-0.2, 0) is 0 Å². The third kappa shape index (κ3) is 2.91. The van der Waals surface area contributed by atoms with Crippen molar-refractivity contribution in [1.29, 1.82) is 0 Å². The Morgan fingerprint density at radius 1 is 1.44 bits per heavy atom. The zero-order chi connectivity index (χ0) is 13.3. The van der Waals surface area contributed by atoms with E-state index in [1.165, 1.54) is 11.3 Å². The van der Waals surface area contributed by atoms with Gasteiger partial charge in [0.2, 0.25) is 0 Å². The summed E-state index contributed by atoms with van der Waals surface area (Å²) in [5.41, 5.74) is 1.44. The molecule has 0 saturated carbocycles. The first-order valence-corrected chi connectivity index (χ1v) is 7.16. The van der Waals surface area contributed by atoms with Gasteiger partial charge in [0.25, 0.3) is 5.91 Å². The summed E-state index contributed by atoms with van der Waals surface area (Å²) >= 11 is 10.7. The minimum atomic E-state index is -0.210. The average Bonchev–Trinajstić information content (AvgIpc) is 2.61. The predicted molar refractivity (Wildman–Crippen MR) is 78.7 cm³/mol. The number of benzene rings is 1. The molecule has 2 aromatic rings. The number of amides is 1. The third-order valence-electron chi connectivity index (χ3n) is 2.43. The van der Waals surface area contributed by atoms with Gasteiger partial charge in [-0.05, 0) is 48.0 Å². The number of hydrogen-bond acceptors (Lipinski definition) is 3. The molecule has 0 aliphatic carbocycles. The summed E-state index contributed by atoms with van der Waals surface area (Å²) in [5, 5.41) is 3.88. The van der Waals surface area contributed by atoms with Gasteiger partial charge in [-0.1, -0.05) is 11.6 Å². The standard InChI is InChI=1S/C12H10BrClN2OS/c1-6-7(2)18-12(15-6)16-11(17)8-3-4-9(13)10(14)5-8/h3-5H,1-2H3,(H,15,16,17). The number of hydrogen-bond donors (Lipinski definition) is 1. The Bertz CT molecular complexity index is 593. The molecule has 0 bridgehead atoms. The molecule has 6 heteroatoms. The van der Waals surface area contributed by atoms with E-state index in [0.717, 1.165) is 15.0 Å². The lowest BCUT2D eigenvalue weighted by molar-refractivity contribution is 0.102. The summed E-state index contributed by atoms with van der Waals surface area (Å²) in [7, 11) is 0. The molecule has 0 spiro atoms. The lowest BCUT2D eigenvalue weighted by Crippen LogP contribution is -2.11. The number of anilines is 1. The van der Waals surface area contributed by atoms with Gasteiger partial charge in [0.15, 0.2) is 5.13 Å². The maximum atomic E-state index is 12.0. The van der Waals surface area contributed by atoms with Gasteiger partial charge >= 0.3 is 0 Å². The van der Waals surface area contributed by atoms with Crippen molar-refractivity contribution in [1.82, 2.24) is 4.98 Å². The van der Waals surface area contributed by atoms with Crippen LogP contribution in [0.15, 0.2) is 22.7 Å². The van der Waals surface area contributed by atoms with Gasteiger partial charge in [0, 0.05) is 14.9 Å². The van der Waals surface area contributed by atoms with Crippen molar-refractivity contribution >= 4 is 49.9 Å². The lowest BCUT2D eigenvalue weighted by Gasteiger charge is -2.03. The van der Waals surface area contributed by atoms with Gasteiger partial charge in [-0.2, -0.15) is 0 Å². The van der Waals surface area contributed by atoms with Gasteiger partial charge in [0.1, 0.15) is 0 Å². The van der Waals surface area contributed by atoms with Crippen molar-refractivity contribution < 1.29 is 4.79 Å². The highest BCUT2D eigenvalue weighted by Gasteiger charge is 2.11. The van der Waals surface area contributed by atoms with Crippen LogP contribution in [0.1, 0.15) is 20.9 Å². The molecule has 1 aromatic carbocycles. The summed E-state index contributed by atoms with van der Waals surface area (Å²) in [6.45, 7) is 3.89. The molecular formula is C12H10BrClN2OS. The monoisotopic (exact) mass is 344 g/mol. The van der Waals surface area contributed by atoms with Gasteiger partial charge < -0.3 is 0 Å². The molecule has 3 nitrogen and oxygen atoms in total. The van der Waals surface area contributed by atoms with Crippen molar-refractivity contribution in [3.63, 3.8) is 0 Å². The summed E-state index contributed by atoms with van der Waals surface area (Å²) < 4.78 is 0.765. The Balaban J connectivity index is 2.19. The number of thiazole rings is 1. The highest BCUT2D eigenvalue weighted by molar-refractivity contribution is 9.10. The van der Waals surface area contributed by atoms with Crippen molar-refractivity contribution in [3.8, 4) is 0 Å². The minimum absolute atomic E-state index is 0.210. The van der Waals surface area contributed by atoms with Crippen LogP contribution < -0.4 is 5.32 Å². The van der Waals surface area contributed by atoms with E-state index in [-0.39, 0.29) is 5.91 Å². The van der Waals surface area contributed by atoms with Crippen LogP contribution in [0.4, 0.5) is 5.13 Å². The number of carbonyl (C=O) groups is 1. The Morgan fingerprint density at radius 3 is 2.72 bits per heavy atom. The van der Waals surface area contributed by atoms with Crippen molar-refractivity contribution in [2.75, 3.05) is 5.32 Å². The van der Waals surface area contributed by atoms with E-state index in [1.54, 1.807) is 18.2 Å². The van der Waals surface area contributed by atoms with E-state index in [4.69, 9.17) is 11.6 Å². The molecule has 1 N–H and O–H groups in total. The molecular weight excluding hydrogens is 336 g/mol. The fourth-order valence-corrected chi connectivity index (χ4v) is 2.57. The minimum Gasteiger partial charge on any atom is -0.298 e. The SMILES string of the molecule is Cc1nc(NC(=O)c2ccc(Br)c(Cl)c2)sc1C. The number of halogens is 2. The van der Waals surface area contributed by atoms with Crippen molar-refractivity contribution in [2.24, 2.45) is 0 Å². The molecule has 1 aromatic heterocycles. The average molecular weight is 346 g/mol.